The fourth-order valence-corrected chi connectivity index (χ4v) is 9.70. The number of nitrogens with zero attached hydrogens (tertiary/aromatic N) is 1. The van der Waals surface area contributed by atoms with Crippen LogP contribution in [0.2, 0.25) is 0 Å². The number of benzene rings is 3. The van der Waals surface area contributed by atoms with Gasteiger partial charge in [-0.3, -0.25) is 0 Å². The maximum atomic E-state index is 14.4. The van der Waals surface area contributed by atoms with Crippen LogP contribution in [0, 0.1) is 11.3 Å². The first-order valence-electron chi connectivity index (χ1n) is 18.2. The highest BCUT2D eigenvalue weighted by Crippen LogP contribution is 2.36. The van der Waals surface area contributed by atoms with E-state index in [-0.39, 0.29) is 60.9 Å². The number of aliphatic hydroxyl groups excluding tert-OH is 1. The maximum Gasteiger partial charge on any atom is 0.407 e. The highest BCUT2D eigenvalue weighted by molar-refractivity contribution is 7.89. The van der Waals surface area contributed by atoms with E-state index < -0.39 is 56.1 Å². The first-order valence-corrected chi connectivity index (χ1v) is 21.1. The van der Waals surface area contributed by atoms with Crippen LogP contribution in [-0.4, -0.2) is 104 Å². The fourth-order valence-electron chi connectivity index (χ4n) is 6.96. The largest absolute Gasteiger partial charge is 0.497 e. The van der Waals surface area contributed by atoms with Gasteiger partial charge in [-0.05, 0) is 73.1 Å². The molecule has 3 aliphatic rings. The monoisotopic (exact) mass is 803 g/mol. The molecule has 3 aromatic carbocycles. The van der Waals surface area contributed by atoms with E-state index in [1.54, 1.807) is 12.1 Å². The summed E-state index contributed by atoms with van der Waals surface area (Å²) in [4.78, 5) is 13.4. The van der Waals surface area contributed by atoms with Crippen molar-refractivity contribution in [2.75, 3.05) is 46.8 Å². The number of hydrogen-bond acceptors (Lipinski definition) is 12. The van der Waals surface area contributed by atoms with Crippen LogP contribution in [0.3, 0.4) is 0 Å². The third-order valence-corrected chi connectivity index (χ3v) is 13.3. The van der Waals surface area contributed by atoms with Crippen LogP contribution < -0.4 is 24.2 Å². The Hall–Kier alpha value is -3.97. The number of ether oxygens (including phenoxy) is 6. The number of fused-ring (bicyclic) bond motifs is 2. The average molecular weight is 804 g/mol. The van der Waals surface area contributed by atoms with Gasteiger partial charge in [-0.15, -0.1) is 0 Å². The molecule has 2 fully saturated rings. The van der Waals surface area contributed by atoms with Crippen molar-refractivity contribution in [2.24, 2.45) is 11.3 Å². The van der Waals surface area contributed by atoms with Crippen molar-refractivity contribution < 1.29 is 55.2 Å². The second kappa shape index (κ2) is 17.4. The van der Waals surface area contributed by atoms with Gasteiger partial charge in [-0.1, -0.05) is 44.2 Å². The van der Waals surface area contributed by atoms with Crippen molar-refractivity contribution in [3.05, 3.63) is 78.4 Å². The summed E-state index contributed by atoms with van der Waals surface area (Å²) in [6, 6.07) is 18.6. The zero-order valence-electron chi connectivity index (χ0n) is 31.1. The van der Waals surface area contributed by atoms with Gasteiger partial charge in [0.15, 0.2) is 17.8 Å². The molecule has 3 heterocycles. The number of alkyl carbamates (subject to hydrolysis) is 1. The van der Waals surface area contributed by atoms with Crippen molar-refractivity contribution >= 4 is 26.1 Å². The van der Waals surface area contributed by atoms with Crippen molar-refractivity contribution in [3.63, 3.8) is 0 Å². The van der Waals surface area contributed by atoms with Gasteiger partial charge in [-0.2, -0.15) is 4.31 Å². The molecule has 1 amide bonds. The van der Waals surface area contributed by atoms with Crippen LogP contribution >= 0.6 is 0 Å². The maximum absolute atomic E-state index is 14.4. The number of methoxy groups -OCH3 is 1. The molecule has 3 aliphatic heterocycles. The molecule has 3 aromatic rings. The van der Waals surface area contributed by atoms with Crippen LogP contribution in [0.1, 0.15) is 38.7 Å². The molecule has 0 bridgehead atoms. The van der Waals surface area contributed by atoms with E-state index in [4.69, 9.17) is 28.4 Å². The first kappa shape index (κ1) is 40.7. The molecule has 0 radical (unpaired) electrons. The summed E-state index contributed by atoms with van der Waals surface area (Å²) in [6.45, 7) is 4.09. The number of rotatable bonds is 18. The SMILES string of the molecule is COc1ccc(S(=O)(=O)NCCCC(C)(C)CN(C[C@@H](O)[C@H](Cc2ccccc2)NC(=O)O[C@H]2CO[C@H]3OCC[C@H]32)S(=O)(=O)c2ccc3c(c2)OCO3)cc1. The number of nitrogens with one attached hydrogen (secondary N) is 2. The topological polar surface area (TPSA) is 188 Å². The van der Waals surface area contributed by atoms with Crippen LogP contribution in [0.15, 0.2) is 82.6 Å². The van der Waals surface area contributed by atoms with E-state index in [1.807, 2.05) is 44.2 Å². The summed E-state index contributed by atoms with van der Waals surface area (Å²) >= 11 is 0. The number of carbonyl (C=O) groups excluding carboxylic acids is 1. The number of aliphatic hydroxyl groups is 1. The van der Waals surface area contributed by atoms with Crippen molar-refractivity contribution in [1.82, 2.24) is 14.3 Å². The lowest BCUT2D eigenvalue weighted by Crippen LogP contribution is -2.52. The standard InChI is InChI=1S/C38H49N3O12S2/c1-38(2,17-7-18-39-54(44,45)28-12-10-27(48-3)11-13-28)24-41(55(46,47)29-14-15-33-34(21-29)52-25-51-33)22-32(42)31(20-26-8-5-4-6-9-26)40-37(43)53-35-23-50-36-30(35)16-19-49-36/h4-6,8-15,21,30-32,35-36,39,42H,7,16-20,22-25H2,1-3H3,(H,40,43)/t30-,31-,32+,35-,36+/m0/s1. The minimum absolute atomic E-state index is 0.0408. The molecule has 300 valence electrons. The molecule has 2 saturated heterocycles. The van der Waals surface area contributed by atoms with Gasteiger partial charge < -0.3 is 38.8 Å². The molecule has 17 heteroatoms. The van der Waals surface area contributed by atoms with Crippen LogP contribution in [0.25, 0.3) is 0 Å². The van der Waals surface area contributed by atoms with E-state index in [2.05, 4.69) is 10.0 Å². The highest BCUT2D eigenvalue weighted by Gasteiger charge is 2.44. The molecule has 0 aliphatic carbocycles. The van der Waals surface area contributed by atoms with Crippen LogP contribution in [0.4, 0.5) is 4.79 Å². The number of sulfonamides is 2. The van der Waals surface area contributed by atoms with Gasteiger partial charge in [0.2, 0.25) is 26.8 Å². The van der Waals surface area contributed by atoms with E-state index in [1.165, 1.54) is 41.7 Å². The van der Waals surface area contributed by atoms with Crippen molar-refractivity contribution in [1.29, 1.82) is 0 Å². The van der Waals surface area contributed by atoms with Crippen molar-refractivity contribution in [2.45, 2.75) is 73.9 Å². The summed E-state index contributed by atoms with van der Waals surface area (Å²) < 4.78 is 91.4. The van der Waals surface area contributed by atoms with Gasteiger partial charge >= 0.3 is 6.09 Å². The molecular formula is C38H49N3O12S2. The Labute approximate surface area is 322 Å². The summed E-state index contributed by atoms with van der Waals surface area (Å²) in [5.74, 6) is 1.13. The predicted molar refractivity (Wildman–Crippen MR) is 200 cm³/mol. The smallest absolute Gasteiger partial charge is 0.407 e. The third-order valence-electron chi connectivity index (χ3n) is 9.98. The molecule has 55 heavy (non-hydrogen) atoms. The Morgan fingerprint density at radius 2 is 1.71 bits per heavy atom. The zero-order valence-corrected chi connectivity index (χ0v) is 32.7. The van der Waals surface area contributed by atoms with Crippen LogP contribution in [0.5, 0.6) is 17.2 Å². The Kier molecular flexibility index (Phi) is 12.9. The number of carbonyl (C=O) groups is 1. The average Bonchev–Trinajstić information content (AvgIpc) is 3.92. The third kappa shape index (κ3) is 10.3. The van der Waals surface area contributed by atoms with Gasteiger partial charge in [0.25, 0.3) is 0 Å². The minimum Gasteiger partial charge on any atom is -0.497 e. The van der Waals surface area contributed by atoms with E-state index >= 15 is 0 Å². The highest BCUT2D eigenvalue weighted by atomic mass is 32.2. The molecule has 5 atom stereocenters. The summed E-state index contributed by atoms with van der Waals surface area (Å²) in [5, 5.41) is 14.7. The summed E-state index contributed by atoms with van der Waals surface area (Å²) in [7, 11) is -6.56. The predicted octanol–water partition coefficient (Wildman–Crippen LogP) is 3.66. The lowest BCUT2D eigenvalue weighted by molar-refractivity contribution is -0.0907. The molecule has 6 rings (SSSR count). The minimum atomic E-state index is -4.27. The normalized spacial score (nSPS) is 20.6. The van der Waals surface area contributed by atoms with Gasteiger partial charge in [0, 0.05) is 25.7 Å². The quantitative estimate of drug-likeness (QED) is 0.159. The van der Waals surface area contributed by atoms with Crippen molar-refractivity contribution in [3.8, 4) is 17.2 Å². The lowest BCUT2D eigenvalue weighted by Gasteiger charge is -2.35. The Morgan fingerprint density at radius 1 is 0.982 bits per heavy atom. The van der Waals surface area contributed by atoms with Gasteiger partial charge in [0.1, 0.15) is 11.9 Å². The molecule has 3 N–H and O–H groups in total. The molecule has 0 saturated carbocycles. The summed E-state index contributed by atoms with van der Waals surface area (Å²) in [6.07, 6.45) is -1.39. The summed E-state index contributed by atoms with van der Waals surface area (Å²) in [5.41, 5.74) is 0.112. The molecule has 0 unspecified atom stereocenters. The fraction of sp³-hybridized carbons (Fsp3) is 0.500. The Balaban J connectivity index is 1.18. The van der Waals surface area contributed by atoms with Gasteiger partial charge in [-0.25, -0.2) is 26.4 Å². The Bertz CT molecular complexity index is 1980. The molecule has 0 aromatic heterocycles. The van der Waals surface area contributed by atoms with E-state index in [0.29, 0.717) is 37.4 Å². The second-order valence-corrected chi connectivity index (χ2v) is 18.3. The van der Waals surface area contributed by atoms with Crippen LogP contribution in [-0.2, 0) is 40.7 Å². The molecule has 0 spiro atoms. The second-order valence-electron chi connectivity index (χ2n) is 14.6. The lowest BCUT2D eigenvalue weighted by atomic mass is 9.87. The number of hydrogen-bond donors (Lipinski definition) is 3. The van der Waals surface area contributed by atoms with E-state index in [9.17, 15) is 26.7 Å². The van der Waals surface area contributed by atoms with Gasteiger partial charge in [0.05, 0.1) is 48.2 Å². The first-order chi connectivity index (χ1) is 26.2. The molecule has 15 nitrogen and oxygen atoms in total. The number of amides is 1. The van der Waals surface area contributed by atoms with E-state index in [0.717, 1.165) is 5.56 Å². The zero-order chi connectivity index (χ0) is 39.2. The Morgan fingerprint density at radius 3 is 2.45 bits per heavy atom. The molecular weight excluding hydrogens is 755 g/mol.